The minimum Gasteiger partial charge on any atom is -0.477 e. The predicted molar refractivity (Wildman–Crippen MR) is 397 cm³/mol. The molecule has 9 heteroatoms. The van der Waals surface area contributed by atoms with Crippen molar-refractivity contribution in [1.82, 2.24) is 0 Å². The summed E-state index contributed by atoms with van der Waals surface area (Å²) >= 11 is 0. The molecule has 0 radical (unpaired) electrons. The zero-order chi connectivity index (χ0) is 66.8. The first-order valence-corrected chi connectivity index (χ1v) is 41.4. The van der Waals surface area contributed by atoms with Gasteiger partial charge in [0.2, 0.25) is 0 Å². The number of carboxylic acids is 1. The molecule has 0 aromatic rings. The Morgan fingerprint density at radius 3 is 0.804 bits per heavy atom. The van der Waals surface area contributed by atoms with E-state index in [-0.39, 0.29) is 38.2 Å². The molecule has 1 N–H and O–H groups in total. The summed E-state index contributed by atoms with van der Waals surface area (Å²) in [6, 6.07) is 0. The van der Waals surface area contributed by atoms with Crippen molar-refractivity contribution < 1.29 is 42.9 Å². The van der Waals surface area contributed by atoms with E-state index in [2.05, 4.69) is 26.0 Å². The fourth-order valence-electron chi connectivity index (χ4n) is 13.0. The van der Waals surface area contributed by atoms with E-state index in [1.165, 1.54) is 379 Å². The third kappa shape index (κ3) is 75.4. The number of ether oxygens (including phenoxy) is 4. The van der Waals surface area contributed by atoms with Crippen LogP contribution in [0.5, 0.6) is 0 Å². The van der Waals surface area contributed by atoms with Crippen molar-refractivity contribution in [1.29, 1.82) is 0 Å². The van der Waals surface area contributed by atoms with Gasteiger partial charge in [-0.25, -0.2) is 4.79 Å². The third-order valence-corrected chi connectivity index (χ3v) is 19.3. The Hall–Kier alpha value is -1.97. The predicted octanol–water partition coefficient (Wildman–Crippen LogP) is 26.3. The quantitative estimate of drug-likeness (QED) is 0.0211. The smallest absolute Gasteiger partial charge is 0.361 e. The first-order valence-electron chi connectivity index (χ1n) is 41.4. The van der Waals surface area contributed by atoms with Crippen LogP contribution in [-0.2, 0) is 33.3 Å². The summed E-state index contributed by atoms with van der Waals surface area (Å²) in [5.74, 6) is -1.96. The maximum Gasteiger partial charge on any atom is 0.361 e. The van der Waals surface area contributed by atoms with Gasteiger partial charge in [0.25, 0.3) is 6.29 Å². The molecule has 0 aromatic heterocycles. The Kier molecular flexibility index (Phi) is 73.2. The van der Waals surface area contributed by atoms with E-state index in [1.807, 2.05) is 21.1 Å². The van der Waals surface area contributed by atoms with E-state index >= 15 is 0 Å². The van der Waals surface area contributed by atoms with Crippen LogP contribution in [0.25, 0.3) is 0 Å². The molecule has 0 spiro atoms. The molecule has 0 aliphatic carbocycles. The van der Waals surface area contributed by atoms with Gasteiger partial charge in [-0.05, 0) is 38.5 Å². The standard InChI is InChI=1S/C83H161NO8/c1-6-8-10-12-14-16-18-20-22-24-26-28-30-32-34-36-38-39-40-41-42-43-44-46-48-50-52-54-56-58-60-62-64-66-68-70-72-74-81(86)92-79(78-91-83(82(87)88)89-76-75-84(3,4)5)77-90-80(85)73-71-69-67-65-63-61-59-57-55-53-51-49-47-45-37-35-33-31-29-27-25-23-21-19-17-15-13-11-9-7-2/h24,26,79,83H,6-23,25,27-78H2,1-5H3/p+1/b26-24-. The van der Waals surface area contributed by atoms with Crippen LogP contribution < -0.4 is 0 Å². The number of hydrogen-bond acceptors (Lipinski definition) is 7. The lowest BCUT2D eigenvalue weighted by atomic mass is 10.0. The van der Waals surface area contributed by atoms with Crippen LogP contribution in [0.3, 0.4) is 0 Å². The Morgan fingerprint density at radius 2 is 0.554 bits per heavy atom. The van der Waals surface area contributed by atoms with Crippen LogP contribution in [-0.4, -0.2) is 87.4 Å². The number of rotatable bonds is 79. The highest BCUT2D eigenvalue weighted by molar-refractivity contribution is 5.71. The number of unbranched alkanes of at least 4 members (excludes halogenated alkanes) is 62. The van der Waals surface area contributed by atoms with Crippen LogP contribution in [0.15, 0.2) is 12.2 Å². The van der Waals surface area contributed by atoms with E-state index in [4.69, 9.17) is 18.9 Å². The second-order valence-electron chi connectivity index (χ2n) is 29.8. The Bertz CT molecular complexity index is 1510. The third-order valence-electron chi connectivity index (χ3n) is 19.3. The van der Waals surface area contributed by atoms with Gasteiger partial charge in [-0.1, -0.05) is 405 Å². The fraction of sp³-hybridized carbons (Fsp3) is 0.940. The maximum absolute atomic E-state index is 13.0. The number of allylic oxidation sites excluding steroid dienone is 2. The van der Waals surface area contributed by atoms with Crippen LogP contribution in [0.2, 0.25) is 0 Å². The molecule has 9 nitrogen and oxygen atoms in total. The van der Waals surface area contributed by atoms with Crippen molar-refractivity contribution >= 4 is 17.9 Å². The van der Waals surface area contributed by atoms with E-state index in [0.717, 1.165) is 38.5 Å². The molecule has 92 heavy (non-hydrogen) atoms. The van der Waals surface area contributed by atoms with Crippen molar-refractivity contribution in [3.8, 4) is 0 Å². The summed E-state index contributed by atoms with van der Waals surface area (Å²) in [6.45, 7) is 4.98. The summed E-state index contributed by atoms with van der Waals surface area (Å²) in [5.41, 5.74) is 0. The van der Waals surface area contributed by atoms with Gasteiger partial charge < -0.3 is 28.5 Å². The number of carboxylic acid groups (broad SMARTS) is 1. The van der Waals surface area contributed by atoms with Gasteiger partial charge in [-0.2, -0.15) is 0 Å². The van der Waals surface area contributed by atoms with E-state index in [0.29, 0.717) is 17.4 Å². The molecule has 2 unspecified atom stereocenters. The lowest BCUT2D eigenvalue weighted by Crippen LogP contribution is -2.40. The van der Waals surface area contributed by atoms with Gasteiger partial charge in [-0.15, -0.1) is 0 Å². The molecular formula is C83H162NO8+. The van der Waals surface area contributed by atoms with Crippen molar-refractivity contribution in [3.63, 3.8) is 0 Å². The van der Waals surface area contributed by atoms with Crippen molar-refractivity contribution in [3.05, 3.63) is 12.2 Å². The summed E-state index contributed by atoms with van der Waals surface area (Å²) in [5, 5.41) is 9.78. The number of esters is 2. The molecule has 0 bridgehead atoms. The Morgan fingerprint density at radius 1 is 0.315 bits per heavy atom. The lowest BCUT2D eigenvalue weighted by Gasteiger charge is -2.25. The molecule has 0 heterocycles. The highest BCUT2D eigenvalue weighted by Gasteiger charge is 2.25. The molecule has 0 fully saturated rings. The van der Waals surface area contributed by atoms with Gasteiger partial charge in [0.15, 0.2) is 6.10 Å². The molecule has 0 saturated carbocycles. The Balaban J connectivity index is 3.93. The van der Waals surface area contributed by atoms with E-state index in [1.54, 1.807) is 0 Å². The molecule has 546 valence electrons. The molecule has 0 aliphatic heterocycles. The number of quaternary nitrogens is 1. The number of aliphatic carboxylic acids is 1. The zero-order valence-electron chi connectivity index (χ0n) is 62.8. The van der Waals surface area contributed by atoms with Gasteiger partial charge in [0.05, 0.1) is 34.4 Å². The molecule has 0 saturated heterocycles. The average molecular weight is 1300 g/mol. The van der Waals surface area contributed by atoms with Gasteiger partial charge >= 0.3 is 17.9 Å². The first kappa shape index (κ1) is 90.0. The average Bonchev–Trinajstić information content (AvgIpc) is 3.75. The molecule has 0 amide bonds. The molecule has 0 aromatic carbocycles. The first-order chi connectivity index (χ1) is 45.1. The number of hydrogen-bond donors (Lipinski definition) is 1. The Labute approximate surface area is 574 Å². The zero-order valence-corrected chi connectivity index (χ0v) is 62.8. The van der Waals surface area contributed by atoms with Gasteiger partial charge in [0, 0.05) is 12.8 Å². The van der Waals surface area contributed by atoms with Crippen LogP contribution in [0.4, 0.5) is 0 Å². The monoisotopic (exact) mass is 1300 g/mol. The fourth-order valence-corrected chi connectivity index (χ4v) is 13.0. The molecule has 2 atom stereocenters. The SMILES string of the molecule is CCCCCCCCCC/C=C\CCCCCCCCCCCCCCCCCCCCCCCCCCCC(=O)OC(COC(=O)CCCCCCCCCCCCCCCCCCCCCCCCCCCCCCCC)COC(OCC[N+](C)(C)C)C(=O)O. The normalized spacial score (nSPS) is 12.6. The van der Waals surface area contributed by atoms with Gasteiger partial charge in [0.1, 0.15) is 13.2 Å². The number of likely N-dealkylation sites (N-methyl/N-ethyl adjacent to an activating group) is 1. The number of carbonyl (C=O) groups excluding carboxylic acids is 2. The molecule has 0 rings (SSSR count). The van der Waals surface area contributed by atoms with Crippen LogP contribution >= 0.6 is 0 Å². The lowest BCUT2D eigenvalue weighted by molar-refractivity contribution is -0.870. The number of nitrogens with zero attached hydrogens (tertiary/aromatic N) is 1. The van der Waals surface area contributed by atoms with E-state index in [9.17, 15) is 19.5 Å². The van der Waals surface area contributed by atoms with Crippen molar-refractivity contribution in [2.24, 2.45) is 0 Å². The summed E-state index contributed by atoms with van der Waals surface area (Å²) in [4.78, 5) is 37.7. The summed E-state index contributed by atoms with van der Waals surface area (Å²) in [7, 11) is 6.00. The highest BCUT2D eigenvalue weighted by atomic mass is 16.7. The topological polar surface area (TPSA) is 108 Å². The minimum atomic E-state index is -1.51. The van der Waals surface area contributed by atoms with Gasteiger partial charge in [-0.3, -0.25) is 9.59 Å². The maximum atomic E-state index is 13.0. The molecular weight excluding hydrogens is 1140 g/mol. The largest absolute Gasteiger partial charge is 0.477 e. The van der Waals surface area contributed by atoms with Crippen LogP contribution in [0, 0.1) is 0 Å². The second-order valence-corrected chi connectivity index (χ2v) is 29.8. The number of carbonyl (C=O) groups is 3. The van der Waals surface area contributed by atoms with E-state index < -0.39 is 18.4 Å². The van der Waals surface area contributed by atoms with Crippen LogP contribution in [0.1, 0.15) is 444 Å². The summed E-state index contributed by atoms with van der Waals surface area (Å²) in [6.07, 6.45) is 91.0. The summed E-state index contributed by atoms with van der Waals surface area (Å²) < 4.78 is 23.1. The second kappa shape index (κ2) is 74.8. The molecule has 0 aliphatic rings. The highest BCUT2D eigenvalue weighted by Crippen LogP contribution is 2.21. The van der Waals surface area contributed by atoms with Crippen molar-refractivity contribution in [2.45, 2.75) is 456 Å². The van der Waals surface area contributed by atoms with Crippen molar-refractivity contribution in [2.75, 3.05) is 47.5 Å². The minimum absolute atomic E-state index is 0.172.